The number of nitrogens with zero attached hydrogens (tertiary/aromatic N) is 2. The molecule has 1 saturated heterocycles. The highest BCUT2D eigenvalue weighted by atomic mass is 19.1. The van der Waals surface area contributed by atoms with E-state index >= 15 is 0 Å². The zero-order chi connectivity index (χ0) is 20.7. The molecule has 1 aliphatic heterocycles. The van der Waals surface area contributed by atoms with Gasteiger partial charge in [-0.1, -0.05) is 19.1 Å². The second kappa shape index (κ2) is 10.1. The normalized spacial score (nSPS) is 19.6. The van der Waals surface area contributed by atoms with Gasteiger partial charge in [0.25, 0.3) is 0 Å². The largest absolute Gasteiger partial charge is 0.356 e. The second-order valence-electron chi connectivity index (χ2n) is 8.26. The van der Waals surface area contributed by atoms with Crippen molar-refractivity contribution in [3.8, 4) is 0 Å². The first-order valence-electron chi connectivity index (χ1n) is 10.8. The van der Waals surface area contributed by atoms with Gasteiger partial charge in [0.1, 0.15) is 5.82 Å². The number of benzene rings is 1. The van der Waals surface area contributed by atoms with Crippen LogP contribution in [0.15, 0.2) is 29.3 Å². The molecule has 1 aliphatic carbocycles. The number of likely N-dealkylation sites (tertiary alicyclic amines) is 1. The van der Waals surface area contributed by atoms with Crippen LogP contribution in [0.25, 0.3) is 0 Å². The monoisotopic (exact) mass is 403 g/mol. The number of halogens is 1. The SMILES string of the molecule is CCCNC(=O)CN1CCC(NC(=NC)NCC2(c3cccc(F)c3)CC2)CC1. The highest BCUT2D eigenvalue weighted by molar-refractivity contribution is 5.80. The van der Waals surface area contributed by atoms with Crippen LogP contribution in [-0.4, -0.2) is 62.6 Å². The molecule has 1 heterocycles. The molecule has 3 rings (SSSR count). The van der Waals surface area contributed by atoms with Gasteiger partial charge < -0.3 is 16.0 Å². The summed E-state index contributed by atoms with van der Waals surface area (Å²) in [6.07, 6.45) is 5.07. The molecule has 7 heteroatoms. The second-order valence-corrected chi connectivity index (χ2v) is 8.26. The van der Waals surface area contributed by atoms with Crippen LogP contribution in [0.1, 0.15) is 44.6 Å². The molecule has 0 aromatic heterocycles. The number of guanidine groups is 1. The molecule has 2 fully saturated rings. The maximum absolute atomic E-state index is 13.6. The molecule has 29 heavy (non-hydrogen) atoms. The number of piperidine rings is 1. The first-order chi connectivity index (χ1) is 14.0. The average molecular weight is 404 g/mol. The van der Waals surface area contributed by atoms with E-state index in [0.29, 0.717) is 12.6 Å². The Bertz CT molecular complexity index is 711. The summed E-state index contributed by atoms with van der Waals surface area (Å²) in [6.45, 7) is 5.85. The predicted octanol–water partition coefficient (Wildman–Crippen LogP) is 2.01. The molecule has 6 nitrogen and oxygen atoms in total. The topological polar surface area (TPSA) is 68.8 Å². The molecule has 1 aromatic carbocycles. The summed E-state index contributed by atoms with van der Waals surface area (Å²) in [6, 6.07) is 7.29. The zero-order valence-electron chi connectivity index (χ0n) is 17.6. The summed E-state index contributed by atoms with van der Waals surface area (Å²) < 4.78 is 13.6. The molecule has 1 amide bonds. The quantitative estimate of drug-likeness (QED) is 0.459. The molecule has 0 bridgehead atoms. The molecule has 2 aliphatic rings. The molecule has 3 N–H and O–H groups in total. The van der Waals surface area contributed by atoms with Crippen molar-refractivity contribution >= 4 is 11.9 Å². The maximum Gasteiger partial charge on any atom is 0.234 e. The minimum absolute atomic E-state index is 0.0228. The van der Waals surface area contributed by atoms with Crippen LogP contribution < -0.4 is 16.0 Å². The molecular formula is C22H34FN5O. The van der Waals surface area contributed by atoms with Crippen molar-refractivity contribution in [2.24, 2.45) is 4.99 Å². The van der Waals surface area contributed by atoms with Gasteiger partial charge in [0.05, 0.1) is 6.54 Å². The number of nitrogens with one attached hydrogen (secondary N) is 3. The van der Waals surface area contributed by atoms with Crippen molar-refractivity contribution in [3.63, 3.8) is 0 Å². The minimum atomic E-state index is -0.175. The molecule has 160 valence electrons. The Morgan fingerprint density at radius 3 is 2.66 bits per heavy atom. The van der Waals surface area contributed by atoms with Gasteiger partial charge in [-0.05, 0) is 49.8 Å². The molecule has 1 aromatic rings. The lowest BCUT2D eigenvalue weighted by atomic mass is 9.96. The molecule has 0 spiro atoms. The Balaban J connectivity index is 1.42. The fraction of sp³-hybridized carbons (Fsp3) is 0.636. The third-order valence-electron chi connectivity index (χ3n) is 5.98. The van der Waals surface area contributed by atoms with Gasteiger partial charge >= 0.3 is 0 Å². The third kappa shape index (κ3) is 6.16. The molecule has 0 unspecified atom stereocenters. The van der Waals surface area contributed by atoms with E-state index in [9.17, 15) is 9.18 Å². The van der Waals surface area contributed by atoms with E-state index in [0.717, 1.165) is 69.8 Å². The van der Waals surface area contributed by atoms with Gasteiger partial charge in [0.15, 0.2) is 5.96 Å². The zero-order valence-corrected chi connectivity index (χ0v) is 17.6. The number of hydrogen-bond donors (Lipinski definition) is 3. The Morgan fingerprint density at radius 2 is 2.03 bits per heavy atom. The Morgan fingerprint density at radius 1 is 1.28 bits per heavy atom. The van der Waals surface area contributed by atoms with E-state index in [1.54, 1.807) is 19.2 Å². The smallest absolute Gasteiger partial charge is 0.234 e. The van der Waals surface area contributed by atoms with Crippen LogP contribution in [-0.2, 0) is 10.2 Å². The minimum Gasteiger partial charge on any atom is -0.356 e. The number of rotatable bonds is 8. The highest BCUT2D eigenvalue weighted by Gasteiger charge is 2.44. The summed E-state index contributed by atoms with van der Waals surface area (Å²) in [4.78, 5) is 18.5. The van der Waals surface area contributed by atoms with Gasteiger partial charge in [0, 0.05) is 44.7 Å². The fourth-order valence-electron chi connectivity index (χ4n) is 3.94. The fourth-order valence-corrected chi connectivity index (χ4v) is 3.94. The first kappa shape index (κ1) is 21.6. The van der Waals surface area contributed by atoms with Crippen LogP contribution in [0.4, 0.5) is 4.39 Å². The third-order valence-corrected chi connectivity index (χ3v) is 5.98. The van der Waals surface area contributed by atoms with E-state index in [1.165, 1.54) is 6.07 Å². The summed E-state index contributed by atoms with van der Waals surface area (Å²) >= 11 is 0. The van der Waals surface area contributed by atoms with Crippen molar-refractivity contribution in [1.82, 2.24) is 20.9 Å². The molecule has 1 saturated carbocycles. The molecular weight excluding hydrogens is 369 g/mol. The van der Waals surface area contributed by atoms with Gasteiger partial charge in [0.2, 0.25) is 5.91 Å². The Hall–Kier alpha value is -2.15. The van der Waals surface area contributed by atoms with Gasteiger partial charge in [-0.25, -0.2) is 4.39 Å². The van der Waals surface area contributed by atoms with Crippen LogP contribution in [0.3, 0.4) is 0 Å². The van der Waals surface area contributed by atoms with Crippen LogP contribution in [0.5, 0.6) is 0 Å². The average Bonchev–Trinajstić information content (AvgIpc) is 3.52. The summed E-state index contributed by atoms with van der Waals surface area (Å²) in [5.74, 6) is 0.737. The van der Waals surface area contributed by atoms with E-state index in [2.05, 4.69) is 32.8 Å². The number of carbonyl (C=O) groups excluding carboxylic acids is 1. The molecule has 0 radical (unpaired) electrons. The Kier molecular flexibility index (Phi) is 7.47. The summed E-state index contributed by atoms with van der Waals surface area (Å²) in [7, 11) is 1.78. The predicted molar refractivity (Wildman–Crippen MR) is 115 cm³/mol. The van der Waals surface area contributed by atoms with Gasteiger partial charge in [-0.15, -0.1) is 0 Å². The summed E-state index contributed by atoms with van der Waals surface area (Å²) in [5.41, 5.74) is 1.09. The lowest BCUT2D eigenvalue weighted by Gasteiger charge is -2.32. The highest BCUT2D eigenvalue weighted by Crippen LogP contribution is 2.47. The van der Waals surface area contributed by atoms with Crippen LogP contribution >= 0.6 is 0 Å². The lowest BCUT2D eigenvalue weighted by molar-refractivity contribution is -0.122. The van der Waals surface area contributed by atoms with Crippen molar-refractivity contribution in [2.75, 3.05) is 39.8 Å². The summed E-state index contributed by atoms with van der Waals surface area (Å²) in [5, 5.41) is 9.89. The van der Waals surface area contributed by atoms with E-state index < -0.39 is 0 Å². The first-order valence-corrected chi connectivity index (χ1v) is 10.8. The molecule has 0 atom stereocenters. The van der Waals surface area contributed by atoms with E-state index in [-0.39, 0.29) is 17.1 Å². The van der Waals surface area contributed by atoms with E-state index in [4.69, 9.17) is 0 Å². The van der Waals surface area contributed by atoms with Crippen molar-refractivity contribution in [1.29, 1.82) is 0 Å². The number of hydrogen-bond acceptors (Lipinski definition) is 3. The standard InChI is InChI=1S/C22H34FN5O/c1-3-11-25-20(29)15-28-12-7-19(8-13-28)27-21(24-2)26-16-22(9-10-22)17-5-4-6-18(23)14-17/h4-6,14,19H,3,7-13,15-16H2,1-2H3,(H,25,29)(H2,24,26,27). The number of amides is 1. The van der Waals surface area contributed by atoms with Crippen molar-refractivity contribution in [2.45, 2.75) is 50.5 Å². The number of aliphatic imine (C=N–C) groups is 1. The maximum atomic E-state index is 13.6. The number of carbonyl (C=O) groups is 1. The Labute approximate surface area is 173 Å². The van der Waals surface area contributed by atoms with Gasteiger partial charge in [-0.3, -0.25) is 14.7 Å². The van der Waals surface area contributed by atoms with E-state index in [1.807, 2.05) is 6.07 Å². The van der Waals surface area contributed by atoms with Crippen molar-refractivity contribution in [3.05, 3.63) is 35.6 Å². The van der Waals surface area contributed by atoms with Crippen LogP contribution in [0, 0.1) is 5.82 Å². The van der Waals surface area contributed by atoms with Gasteiger partial charge in [-0.2, -0.15) is 0 Å². The van der Waals surface area contributed by atoms with Crippen LogP contribution in [0.2, 0.25) is 0 Å². The lowest BCUT2D eigenvalue weighted by Crippen LogP contribution is -2.51. The van der Waals surface area contributed by atoms with Crippen molar-refractivity contribution < 1.29 is 9.18 Å².